The SMILES string of the molecule is C[C@@H](OC(=O)c1ccc(-n2cncn2)cc1)C(=O)c1ccc(OC(F)F)cc1. The number of esters is 1. The van der Waals surface area contributed by atoms with Crippen molar-refractivity contribution < 1.29 is 27.8 Å². The number of aromatic nitrogens is 3. The van der Waals surface area contributed by atoms with Gasteiger partial charge in [-0.15, -0.1) is 0 Å². The predicted octanol–water partition coefficient (Wildman–Crippen LogP) is 3.30. The van der Waals surface area contributed by atoms with Gasteiger partial charge in [-0.05, 0) is 55.5 Å². The first kappa shape index (κ1) is 19.2. The number of ether oxygens (including phenoxy) is 2. The van der Waals surface area contributed by atoms with Crippen LogP contribution < -0.4 is 4.74 Å². The summed E-state index contributed by atoms with van der Waals surface area (Å²) in [6.45, 7) is -1.51. The van der Waals surface area contributed by atoms with Crippen LogP contribution in [0.1, 0.15) is 27.6 Å². The molecule has 2 aromatic carbocycles. The van der Waals surface area contributed by atoms with Gasteiger partial charge in [-0.2, -0.15) is 13.9 Å². The van der Waals surface area contributed by atoms with Crippen molar-refractivity contribution in [1.82, 2.24) is 14.8 Å². The maximum Gasteiger partial charge on any atom is 0.387 e. The number of ketones is 1. The number of halogens is 2. The number of carbonyl (C=O) groups excluding carboxylic acids is 2. The number of carbonyl (C=O) groups is 2. The van der Waals surface area contributed by atoms with Crippen molar-refractivity contribution >= 4 is 11.8 Å². The topological polar surface area (TPSA) is 83.3 Å². The minimum Gasteiger partial charge on any atom is -0.451 e. The van der Waals surface area contributed by atoms with Gasteiger partial charge in [0.2, 0.25) is 5.78 Å². The third kappa shape index (κ3) is 4.56. The van der Waals surface area contributed by atoms with Crippen molar-refractivity contribution in [2.24, 2.45) is 0 Å². The van der Waals surface area contributed by atoms with Crippen molar-refractivity contribution in [2.45, 2.75) is 19.6 Å². The summed E-state index contributed by atoms with van der Waals surface area (Å²) in [5.74, 6) is -1.19. The Morgan fingerprint density at radius 3 is 2.21 bits per heavy atom. The summed E-state index contributed by atoms with van der Waals surface area (Å²) in [6, 6.07) is 11.6. The fraction of sp³-hybridized carbons (Fsp3) is 0.158. The Kier molecular flexibility index (Phi) is 5.73. The van der Waals surface area contributed by atoms with Gasteiger partial charge < -0.3 is 9.47 Å². The van der Waals surface area contributed by atoms with Gasteiger partial charge in [0.1, 0.15) is 18.4 Å². The second-order valence-electron chi connectivity index (χ2n) is 5.70. The van der Waals surface area contributed by atoms with Crippen LogP contribution in [0.2, 0.25) is 0 Å². The molecule has 0 bridgehead atoms. The van der Waals surface area contributed by atoms with Gasteiger partial charge in [-0.1, -0.05) is 0 Å². The Morgan fingerprint density at radius 1 is 1.00 bits per heavy atom. The highest BCUT2D eigenvalue weighted by Gasteiger charge is 2.20. The maximum absolute atomic E-state index is 12.4. The molecular formula is C19H15F2N3O4. The molecule has 1 aromatic heterocycles. The van der Waals surface area contributed by atoms with Crippen LogP contribution in [0.5, 0.6) is 5.75 Å². The number of rotatable bonds is 7. The van der Waals surface area contributed by atoms with E-state index in [0.29, 0.717) is 5.69 Å². The van der Waals surface area contributed by atoms with E-state index in [9.17, 15) is 18.4 Å². The van der Waals surface area contributed by atoms with Crippen LogP contribution in [0.15, 0.2) is 61.2 Å². The van der Waals surface area contributed by atoms with Crippen molar-refractivity contribution in [3.63, 3.8) is 0 Å². The van der Waals surface area contributed by atoms with Gasteiger partial charge in [0, 0.05) is 5.56 Å². The number of benzene rings is 2. The molecule has 1 heterocycles. The minimum absolute atomic E-state index is 0.0660. The molecule has 0 aliphatic carbocycles. The summed E-state index contributed by atoms with van der Waals surface area (Å²) in [7, 11) is 0. The molecular weight excluding hydrogens is 372 g/mol. The maximum atomic E-state index is 12.4. The summed E-state index contributed by atoms with van der Waals surface area (Å²) in [4.78, 5) is 28.5. The molecule has 7 nitrogen and oxygen atoms in total. The average Bonchev–Trinajstić information content (AvgIpc) is 3.22. The van der Waals surface area contributed by atoms with E-state index in [0.717, 1.165) is 0 Å². The van der Waals surface area contributed by atoms with E-state index >= 15 is 0 Å². The summed E-state index contributed by atoms with van der Waals surface area (Å²) in [5.41, 5.74) is 1.19. The van der Waals surface area contributed by atoms with Gasteiger partial charge in [0.15, 0.2) is 6.10 Å². The Hall–Kier alpha value is -3.62. The molecule has 3 aromatic rings. The molecule has 0 radical (unpaired) electrons. The molecule has 0 unspecified atom stereocenters. The molecule has 9 heteroatoms. The number of nitrogens with zero attached hydrogens (tertiary/aromatic N) is 3. The Balaban J connectivity index is 1.62. The molecule has 144 valence electrons. The molecule has 0 aliphatic heterocycles. The van der Waals surface area contributed by atoms with E-state index in [2.05, 4.69) is 14.8 Å². The zero-order valence-corrected chi connectivity index (χ0v) is 14.7. The summed E-state index contributed by atoms with van der Waals surface area (Å²) in [5, 5.41) is 3.98. The summed E-state index contributed by atoms with van der Waals surface area (Å²) in [6.07, 6.45) is 1.86. The molecule has 28 heavy (non-hydrogen) atoms. The van der Waals surface area contributed by atoms with Crippen LogP contribution in [0, 0.1) is 0 Å². The van der Waals surface area contributed by atoms with Crippen molar-refractivity contribution in [3.8, 4) is 11.4 Å². The largest absolute Gasteiger partial charge is 0.451 e. The van der Waals surface area contributed by atoms with Crippen molar-refractivity contribution in [2.75, 3.05) is 0 Å². The second-order valence-corrected chi connectivity index (χ2v) is 5.70. The number of hydrogen-bond acceptors (Lipinski definition) is 6. The monoisotopic (exact) mass is 387 g/mol. The highest BCUT2D eigenvalue weighted by molar-refractivity contribution is 6.01. The van der Waals surface area contributed by atoms with Crippen molar-refractivity contribution in [3.05, 3.63) is 72.3 Å². The number of alkyl halides is 2. The zero-order chi connectivity index (χ0) is 20.1. The number of Topliss-reactive ketones (excluding diaryl/α,β-unsaturated/α-hetero) is 1. The fourth-order valence-electron chi connectivity index (χ4n) is 2.41. The van der Waals surface area contributed by atoms with E-state index in [-0.39, 0.29) is 16.9 Å². The van der Waals surface area contributed by atoms with Crippen LogP contribution in [0.4, 0.5) is 8.78 Å². The lowest BCUT2D eigenvalue weighted by molar-refractivity contribution is -0.0498. The predicted molar refractivity (Wildman–Crippen MR) is 93.6 cm³/mol. The fourth-order valence-corrected chi connectivity index (χ4v) is 2.41. The lowest BCUT2D eigenvalue weighted by Gasteiger charge is -2.13. The molecule has 3 rings (SSSR count). The summed E-state index contributed by atoms with van der Waals surface area (Å²) < 4.78 is 35.3. The van der Waals surface area contributed by atoms with Crippen LogP contribution >= 0.6 is 0 Å². The molecule has 0 saturated heterocycles. The first-order valence-electron chi connectivity index (χ1n) is 8.19. The normalized spacial score (nSPS) is 11.9. The zero-order valence-electron chi connectivity index (χ0n) is 14.7. The lowest BCUT2D eigenvalue weighted by atomic mass is 10.1. The van der Waals surface area contributed by atoms with E-state index in [4.69, 9.17) is 4.74 Å². The Bertz CT molecular complexity index is 942. The smallest absolute Gasteiger partial charge is 0.387 e. The molecule has 0 amide bonds. The third-order valence-electron chi connectivity index (χ3n) is 3.80. The molecule has 0 fully saturated rings. The van der Waals surface area contributed by atoms with Gasteiger partial charge >= 0.3 is 12.6 Å². The molecule has 1 atom stereocenters. The van der Waals surface area contributed by atoms with Gasteiger partial charge in [-0.3, -0.25) is 4.79 Å². The Morgan fingerprint density at radius 2 is 1.64 bits per heavy atom. The second kappa shape index (κ2) is 8.38. The van der Waals surface area contributed by atoms with E-state index in [1.54, 1.807) is 24.3 Å². The number of hydrogen-bond donors (Lipinski definition) is 0. The van der Waals surface area contributed by atoms with Crippen LogP contribution in [-0.4, -0.2) is 39.2 Å². The summed E-state index contributed by atoms with van der Waals surface area (Å²) >= 11 is 0. The Labute approximate surface area is 158 Å². The van der Waals surface area contributed by atoms with Crippen LogP contribution in [0.3, 0.4) is 0 Å². The van der Waals surface area contributed by atoms with Crippen molar-refractivity contribution in [1.29, 1.82) is 0 Å². The lowest BCUT2D eigenvalue weighted by Crippen LogP contribution is -2.24. The first-order valence-corrected chi connectivity index (χ1v) is 8.19. The third-order valence-corrected chi connectivity index (χ3v) is 3.80. The van der Waals surface area contributed by atoms with Crippen LogP contribution in [-0.2, 0) is 4.74 Å². The molecule has 0 spiro atoms. The van der Waals surface area contributed by atoms with Gasteiger partial charge in [-0.25, -0.2) is 14.5 Å². The average molecular weight is 387 g/mol. The van der Waals surface area contributed by atoms with E-state index in [1.807, 2.05) is 0 Å². The van der Waals surface area contributed by atoms with E-state index < -0.39 is 24.5 Å². The quantitative estimate of drug-likeness (QED) is 0.457. The molecule has 0 aliphatic rings. The highest BCUT2D eigenvalue weighted by atomic mass is 19.3. The van der Waals surface area contributed by atoms with Gasteiger partial charge in [0.05, 0.1) is 11.3 Å². The van der Waals surface area contributed by atoms with Crippen LogP contribution in [0.25, 0.3) is 5.69 Å². The highest BCUT2D eigenvalue weighted by Crippen LogP contribution is 2.17. The van der Waals surface area contributed by atoms with Gasteiger partial charge in [0.25, 0.3) is 0 Å². The molecule has 0 saturated carbocycles. The molecule has 0 N–H and O–H groups in total. The standard InChI is InChI=1S/C19H15F2N3O4/c1-12(17(25)13-4-8-16(9-5-13)28-19(20)21)27-18(26)14-2-6-15(7-3-14)24-11-22-10-23-24/h2-12,19H,1H3/t12-/m1/s1. The van der Waals surface area contributed by atoms with E-state index in [1.165, 1.54) is 48.5 Å². The first-order chi connectivity index (χ1) is 13.4. The minimum atomic E-state index is -2.95.